The number of aryl methyl sites for hydroxylation is 1. The van der Waals surface area contributed by atoms with Gasteiger partial charge < -0.3 is 0 Å². The van der Waals surface area contributed by atoms with E-state index in [1.165, 1.54) is 0 Å². The van der Waals surface area contributed by atoms with Gasteiger partial charge in [-0.2, -0.15) is 0 Å². The molecule has 1 rings (SSSR count). The summed E-state index contributed by atoms with van der Waals surface area (Å²) in [5.41, 5.74) is 0.989. The lowest BCUT2D eigenvalue weighted by atomic mass is 10.2. The van der Waals surface area contributed by atoms with Crippen molar-refractivity contribution in [2.45, 2.75) is 44.6 Å². The number of sulfonamides is 1. The maximum Gasteiger partial charge on any atom is 0.241 e. The number of hydrogen-bond acceptors (Lipinski definition) is 2. The summed E-state index contributed by atoms with van der Waals surface area (Å²) in [5.74, 6) is 0. The molecule has 0 amide bonds. The van der Waals surface area contributed by atoms with E-state index in [9.17, 15) is 8.42 Å². The van der Waals surface area contributed by atoms with E-state index in [0.717, 1.165) is 22.9 Å². The van der Waals surface area contributed by atoms with Crippen molar-refractivity contribution in [2.24, 2.45) is 0 Å². The molecule has 0 saturated heterocycles. The maximum absolute atomic E-state index is 12.3. The Labute approximate surface area is 126 Å². The molecule has 0 aromatic heterocycles. The van der Waals surface area contributed by atoms with E-state index >= 15 is 0 Å². The van der Waals surface area contributed by atoms with E-state index < -0.39 is 10.0 Å². The average Bonchev–Trinajstić information content (AvgIpc) is 2.30. The molecule has 0 aliphatic carbocycles. The Bertz CT molecular complexity index is 525. The van der Waals surface area contributed by atoms with Gasteiger partial charge in [-0.3, -0.25) is 0 Å². The van der Waals surface area contributed by atoms with Gasteiger partial charge in [-0.05, 0) is 53.4 Å². The molecule has 6 heteroatoms. The number of nitrogens with one attached hydrogen (secondary N) is 1. The highest BCUT2D eigenvalue weighted by Crippen LogP contribution is 2.29. The molecule has 18 heavy (non-hydrogen) atoms. The second kappa shape index (κ2) is 6.50. The van der Waals surface area contributed by atoms with Crippen LogP contribution in [0.25, 0.3) is 0 Å². The normalized spacial score (nSPS) is 12.1. The first kappa shape index (κ1) is 16.1. The fourth-order valence-corrected chi connectivity index (χ4v) is 4.65. The quantitative estimate of drug-likeness (QED) is 0.814. The predicted molar refractivity (Wildman–Crippen MR) is 81.3 cm³/mol. The van der Waals surface area contributed by atoms with E-state index in [1.54, 1.807) is 12.1 Å². The highest BCUT2D eigenvalue weighted by atomic mass is 79.9. The molecule has 0 saturated carbocycles. The molecule has 0 fully saturated rings. The van der Waals surface area contributed by atoms with Gasteiger partial charge in [-0.15, -0.1) is 0 Å². The van der Waals surface area contributed by atoms with Crippen LogP contribution in [0.5, 0.6) is 0 Å². The Balaban J connectivity index is 3.16. The summed E-state index contributed by atoms with van der Waals surface area (Å²) in [5, 5.41) is 0. The van der Waals surface area contributed by atoms with Crippen molar-refractivity contribution in [1.82, 2.24) is 4.72 Å². The van der Waals surface area contributed by atoms with Gasteiger partial charge in [-0.1, -0.05) is 29.8 Å². The number of benzene rings is 1. The molecule has 0 aliphatic heterocycles. The van der Waals surface area contributed by atoms with Crippen LogP contribution in [0, 0.1) is 6.92 Å². The smallest absolute Gasteiger partial charge is 0.208 e. The fraction of sp³-hybridized carbons (Fsp3) is 0.500. The third kappa shape index (κ3) is 3.79. The van der Waals surface area contributed by atoms with Crippen molar-refractivity contribution in [2.75, 3.05) is 0 Å². The second-order valence-corrected chi connectivity index (χ2v) is 7.56. The molecule has 0 bridgehead atoms. The molecule has 3 nitrogen and oxygen atoms in total. The minimum Gasteiger partial charge on any atom is -0.208 e. The van der Waals surface area contributed by atoms with Gasteiger partial charge >= 0.3 is 0 Å². The largest absolute Gasteiger partial charge is 0.241 e. The third-order valence-electron chi connectivity index (χ3n) is 2.81. The van der Waals surface area contributed by atoms with Gasteiger partial charge in [0.15, 0.2) is 0 Å². The lowest BCUT2D eigenvalue weighted by Gasteiger charge is -2.16. The zero-order chi connectivity index (χ0) is 13.9. The monoisotopic (exact) mass is 397 g/mol. The topological polar surface area (TPSA) is 46.2 Å². The summed E-state index contributed by atoms with van der Waals surface area (Å²) in [7, 11) is -3.48. The molecule has 0 atom stereocenters. The molecular weight excluding hydrogens is 382 g/mol. The molecule has 0 unspecified atom stereocenters. The van der Waals surface area contributed by atoms with Gasteiger partial charge in [-0.25, -0.2) is 13.1 Å². The Morgan fingerprint density at radius 1 is 1.17 bits per heavy atom. The van der Waals surface area contributed by atoms with Crippen molar-refractivity contribution >= 4 is 41.9 Å². The van der Waals surface area contributed by atoms with Crippen LogP contribution in [-0.2, 0) is 10.0 Å². The minimum absolute atomic E-state index is 0.0259. The zero-order valence-electron chi connectivity index (χ0n) is 10.6. The lowest BCUT2D eigenvalue weighted by molar-refractivity contribution is 0.530. The summed E-state index contributed by atoms with van der Waals surface area (Å²) in [6, 6.07) is 3.40. The van der Waals surface area contributed by atoms with Gasteiger partial charge in [0.05, 0.1) is 4.90 Å². The molecule has 0 heterocycles. The van der Waals surface area contributed by atoms with E-state index in [2.05, 4.69) is 36.6 Å². The standard InChI is InChI=1S/C12H17Br2NO2S/c1-4-9(5-2)15-18(16,17)12-7-10(13)8(3)6-11(12)14/h6-7,9,15H,4-5H2,1-3H3. The van der Waals surface area contributed by atoms with Crippen molar-refractivity contribution in [3.63, 3.8) is 0 Å². The maximum atomic E-state index is 12.3. The third-order valence-corrected chi connectivity index (χ3v) is 6.14. The highest BCUT2D eigenvalue weighted by molar-refractivity contribution is 9.11. The van der Waals surface area contributed by atoms with Crippen molar-refractivity contribution < 1.29 is 8.42 Å². The average molecular weight is 399 g/mol. The summed E-state index contributed by atoms with van der Waals surface area (Å²) in [6.45, 7) is 5.85. The molecule has 1 aromatic carbocycles. The molecular formula is C12H17Br2NO2S. The zero-order valence-corrected chi connectivity index (χ0v) is 14.6. The molecule has 1 N–H and O–H groups in total. The number of rotatable bonds is 5. The first-order valence-electron chi connectivity index (χ1n) is 5.79. The number of halogens is 2. The summed E-state index contributed by atoms with van der Waals surface area (Å²) >= 11 is 6.67. The van der Waals surface area contributed by atoms with Gasteiger partial charge in [0, 0.05) is 15.0 Å². The first-order chi connectivity index (χ1) is 8.31. The van der Waals surface area contributed by atoms with E-state index in [1.807, 2.05) is 20.8 Å². The predicted octanol–water partition coefficient (Wildman–Crippen LogP) is 3.99. The van der Waals surface area contributed by atoms with Crippen LogP contribution in [0.3, 0.4) is 0 Å². The van der Waals surface area contributed by atoms with Crippen molar-refractivity contribution in [3.8, 4) is 0 Å². The van der Waals surface area contributed by atoms with Crippen LogP contribution in [0.4, 0.5) is 0 Å². The summed E-state index contributed by atoms with van der Waals surface area (Å²) < 4.78 is 28.7. The van der Waals surface area contributed by atoms with Gasteiger partial charge in [0.25, 0.3) is 0 Å². The minimum atomic E-state index is -3.48. The van der Waals surface area contributed by atoms with Gasteiger partial charge in [0.2, 0.25) is 10.0 Å². The Kier molecular flexibility index (Phi) is 5.83. The molecule has 0 radical (unpaired) electrons. The molecule has 0 spiro atoms. The van der Waals surface area contributed by atoms with Gasteiger partial charge in [0.1, 0.15) is 0 Å². The second-order valence-electron chi connectivity index (χ2n) is 4.17. The Hall–Kier alpha value is 0.0900. The molecule has 102 valence electrons. The van der Waals surface area contributed by atoms with E-state index in [-0.39, 0.29) is 10.9 Å². The first-order valence-corrected chi connectivity index (χ1v) is 8.86. The Morgan fingerprint density at radius 3 is 2.22 bits per heavy atom. The van der Waals surface area contributed by atoms with Crippen molar-refractivity contribution in [1.29, 1.82) is 0 Å². The fourth-order valence-electron chi connectivity index (χ4n) is 1.57. The van der Waals surface area contributed by atoms with E-state index in [4.69, 9.17) is 0 Å². The lowest BCUT2D eigenvalue weighted by Crippen LogP contribution is -2.34. The highest BCUT2D eigenvalue weighted by Gasteiger charge is 2.21. The molecule has 0 aliphatic rings. The SMILES string of the molecule is CCC(CC)NS(=O)(=O)c1cc(Br)c(C)cc1Br. The molecule has 1 aromatic rings. The summed E-state index contributed by atoms with van der Waals surface area (Å²) in [4.78, 5) is 0.270. The van der Waals surface area contributed by atoms with Crippen molar-refractivity contribution in [3.05, 3.63) is 26.6 Å². The van der Waals surface area contributed by atoms with Crippen LogP contribution in [-0.4, -0.2) is 14.5 Å². The van der Waals surface area contributed by atoms with Crippen LogP contribution in [0.2, 0.25) is 0 Å². The Morgan fingerprint density at radius 2 is 1.72 bits per heavy atom. The van der Waals surface area contributed by atoms with E-state index in [0.29, 0.717) is 4.47 Å². The summed E-state index contributed by atoms with van der Waals surface area (Å²) in [6.07, 6.45) is 1.56. The van der Waals surface area contributed by atoms with Crippen LogP contribution < -0.4 is 4.72 Å². The van der Waals surface area contributed by atoms with Crippen LogP contribution >= 0.6 is 31.9 Å². The van der Waals surface area contributed by atoms with Crippen LogP contribution in [0.15, 0.2) is 26.0 Å². The van der Waals surface area contributed by atoms with Crippen LogP contribution in [0.1, 0.15) is 32.3 Å². The number of hydrogen-bond donors (Lipinski definition) is 1.